The summed E-state index contributed by atoms with van der Waals surface area (Å²) in [5.41, 5.74) is 1.95. The van der Waals surface area contributed by atoms with Gasteiger partial charge in [-0.3, -0.25) is 0 Å². The number of ether oxygens (including phenoxy) is 1. The standard InChI is InChI=1S/C20H21ClN2O4S/c1-26-20-8-4-15(12-18(20)21)19-9-5-16(27-19)13-23-11-10-14-2-6-17(7-3-14)28(22,24)25/h2-9,12,23H,10-11,13H2,1H3,(H2,22,24,25)/p+1. The van der Waals surface area contributed by atoms with Gasteiger partial charge in [-0.1, -0.05) is 23.7 Å². The van der Waals surface area contributed by atoms with E-state index in [1.54, 1.807) is 19.2 Å². The van der Waals surface area contributed by atoms with Crippen molar-refractivity contribution in [2.45, 2.75) is 17.9 Å². The minimum Gasteiger partial charge on any atom is -0.495 e. The first-order valence-corrected chi connectivity index (χ1v) is 10.7. The van der Waals surface area contributed by atoms with Crippen molar-refractivity contribution in [3.8, 4) is 17.1 Å². The first-order valence-electron chi connectivity index (χ1n) is 8.73. The van der Waals surface area contributed by atoms with Crippen molar-refractivity contribution in [3.05, 3.63) is 70.9 Å². The monoisotopic (exact) mass is 421 g/mol. The maximum absolute atomic E-state index is 11.3. The molecule has 1 heterocycles. The highest BCUT2D eigenvalue weighted by atomic mass is 35.5. The Bertz CT molecular complexity index is 1050. The minimum atomic E-state index is -3.64. The maximum atomic E-state index is 11.3. The highest BCUT2D eigenvalue weighted by Crippen LogP contribution is 2.30. The number of primary sulfonamides is 1. The van der Waals surface area contributed by atoms with Crippen LogP contribution in [-0.4, -0.2) is 22.1 Å². The van der Waals surface area contributed by atoms with E-state index in [2.05, 4.69) is 5.32 Å². The van der Waals surface area contributed by atoms with Gasteiger partial charge in [0.1, 0.15) is 18.1 Å². The second-order valence-electron chi connectivity index (χ2n) is 6.34. The zero-order valence-corrected chi connectivity index (χ0v) is 17.0. The fraction of sp³-hybridized carbons (Fsp3) is 0.200. The van der Waals surface area contributed by atoms with E-state index >= 15 is 0 Å². The second-order valence-corrected chi connectivity index (χ2v) is 8.30. The number of benzene rings is 2. The smallest absolute Gasteiger partial charge is 0.238 e. The van der Waals surface area contributed by atoms with Gasteiger partial charge >= 0.3 is 0 Å². The molecule has 6 nitrogen and oxygen atoms in total. The van der Waals surface area contributed by atoms with Crippen LogP contribution in [0.4, 0.5) is 0 Å². The molecule has 148 valence electrons. The molecule has 0 amide bonds. The Morgan fingerprint density at radius 2 is 1.86 bits per heavy atom. The average Bonchev–Trinajstić information content (AvgIpc) is 3.14. The number of rotatable bonds is 8. The predicted molar refractivity (Wildman–Crippen MR) is 108 cm³/mol. The number of nitrogens with two attached hydrogens (primary N) is 2. The summed E-state index contributed by atoms with van der Waals surface area (Å²) < 4.78 is 33.6. The zero-order valence-electron chi connectivity index (χ0n) is 15.4. The minimum absolute atomic E-state index is 0.127. The Balaban J connectivity index is 1.51. The third kappa shape index (κ3) is 5.14. The number of hydrogen-bond donors (Lipinski definition) is 2. The maximum Gasteiger partial charge on any atom is 0.238 e. The van der Waals surface area contributed by atoms with Crippen LogP contribution < -0.4 is 15.2 Å². The second kappa shape index (κ2) is 8.79. The van der Waals surface area contributed by atoms with Gasteiger partial charge in [-0.15, -0.1) is 0 Å². The van der Waals surface area contributed by atoms with Gasteiger partial charge in [-0.2, -0.15) is 0 Å². The van der Waals surface area contributed by atoms with Crippen molar-refractivity contribution in [2.24, 2.45) is 5.14 Å². The molecule has 0 bridgehead atoms. The molecule has 0 unspecified atom stereocenters. The molecule has 3 aromatic rings. The Hall–Kier alpha value is -2.32. The van der Waals surface area contributed by atoms with Crippen molar-refractivity contribution in [2.75, 3.05) is 13.7 Å². The van der Waals surface area contributed by atoms with Gasteiger partial charge in [0.15, 0.2) is 5.76 Å². The number of furan rings is 1. The van der Waals surface area contributed by atoms with Crippen LogP contribution in [-0.2, 0) is 23.0 Å². The lowest BCUT2D eigenvalue weighted by atomic mass is 10.1. The summed E-state index contributed by atoms with van der Waals surface area (Å²) >= 11 is 6.17. The lowest BCUT2D eigenvalue weighted by Gasteiger charge is -2.04. The molecule has 0 saturated carbocycles. The summed E-state index contributed by atoms with van der Waals surface area (Å²) in [4.78, 5) is 0.127. The Morgan fingerprint density at radius 1 is 1.11 bits per heavy atom. The molecule has 1 aromatic heterocycles. The fourth-order valence-corrected chi connectivity index (χ4v) is 3.59. The molecule has 4 N–H and O–H groups in total. The van der Waals surface area contributed by atoms with Crippen molar-refractivity contribution < 1.29 is 22.9 Å². The molecular weight excluding hydrogens is 400 g/mol. The highest BCUT2D eigenvalue weighted by molar-refractivity contribution is 7.89. The van der Waals surface area contributed by atoms with Crippen LogP contribution in [0, 0.1) is 0 Å². The number of methoxy groups -OCH3 is 1. The molecule has 2 aromatic carbocycles. The zero-order chi connectivity index (χ0) is 20.1. The van der Waals surface area contributed by atoms with Crippen molar-refractivity contribution >= 4 is 21.6 Å². The third-order valence-electron chi connectivity index (χ3n) is 4.33. The number of hydrogen-bond acceptors (Lipinski definition) is 4. The van der Waals surface area contributed by atoms with E-state index < -0.39 is 10.0 Å². The Kier molecular flexibility index (Phi) is 6.41. The quantitative estimate of drug-likeness (QED) is 0.546. The highest BCUT2D eigenvalue weighted by Gasteiger charge is 2.10. The first-order chi connectivity index (χ1) is 13.4. The lowest BCUT2D eigenvalue weighted by Crippen LogP contribution is -2.83. The van der Waals surface area contributed by atoms with Crippen LogP contribution in [0.25, 0.3) is 11.3 Å². The Morgan fingerprint density at radius 3 is 2.50 bits per heavy atom. The van der Waals surface area contributed by atoms with Gasteiger partial charge in [0, 0.05) is 12.0 Å². The Labute approximate surface area is 169 Å². The summed E-state index contributed by atoms with van der Waals surface area (Å²) in [6, 6.07) is 16.0. The van der Waals surface area contributed by atoms with Gasteiger partial charge in [-0.25, -0.2) is 13.6 Å². The molecule has 0 atom stereocenters. The number of quaternary nitrogens is 1. The van der Waals surface area contributed by atoms with E-state index in [9.17, 15) is 8.42 Å². The molecule has 28 heavy (non-hydrogen) atoms. The molecule has 3 rings (SSSR count). The molecule has 0 aliphatic carbocycles. The fourth-order valence-electron chi connectivity index (χ4n) is 2.82. The molecule has 0 aliphatic rings. The van der Waals surface area contributed by atoms with Gasteiger partial charge in [0.05, 0.1) is 23.6 Å². The normalized spacial score (nSPS) is 11.5. The summed E-state index contributed by atoms with van der Waals surface area (Å²) in [5, 5.41) is 7.78. The van der Waals surface area contributed by atoms with Crippen LogP contribution in [0.5, 0.6) is 5.75 Å². The van der Waals surface area contributed by atoms with E-state index in [0.29, 0.717) is 17.3 Å². The van der Waals surface area contributed by atoms with E-state index in [-0.39, 0.29) is 4.90 Å². The predicted octanol–water partition coefficient (Wildman–Crippen LogP) is 2.56. The molecule has 0 saturated heterocycles. The molecule has 0 aliphatic heterocycles. The van der Waals surface area contributed by atoms with Gasteiger partial charge in [0.25, 0.3) is 0 Å². The van der Waals surface area contributed by atoms with E-state index in [1.165, 1.54) is 12.1 Å². The van der Waals surface area contributed by atoms with Crippen LogP contribution in [0.1, 0.15) is 11.3 Å². The first kappa shape index (κ1) is 20.4. The average molecular weight is 422 g/mol. The summed E-state index contributed by atoms with van der Waals surface area (Å²) in [6.45, 7) is 1.55. The van der Waals surface area contributed by atoms with Crippen LogP contribution in [0.3, 0.4) is 0 Å². The topological polar surface area (TPSA) is 99.1 Å². The number of sulfonamides is 1. The molecule has 8 heteroatoms. The van der Waals surface area contributed by atoms with Crippen LogP contribution >= 0.6 is 11.6 Å². The van der Waals surface area contributed by atoms with E-state index in [0.717, 1.165) is 35.6 Å². The SMILES string of the molecule is COc1ccc(-c2ccc(C[NH2+]CCc3ccc(S(N)(=O)=O)cc3)o2)cc1Cl. The van der Waals surface area contributed by atoms with Crippen molar-refractivity contribution in [3.63, 3.8) is 0 Å². The molecular formula is C20H22ClN2O4S+. The summed E-state index contributed by atoms with van der Waals surface area (Å²) in [6.07, 6.45) is 0.812. The summed E-state index contributed by atoms with van der Waals surface area (Å²) in [7, 11) is -2.06. The lowest BCUT2D eigenvalue weighted by molar-refractivity contribution is -0.671. The largest absolute Gasteiger partial charge is 0.495 e. The van der Waals surface area contributed by atoms with Gasteiger partial charge < -0.3 is 14.5 Å². The van der Waals surface area contributed by atoms with Gasteiger partial charge in [-0.05, 0) is 48.0 Å². The molecule has 0 fully saturated rings. The molecule has 0 spiro atoms. The van der Waals surface area contributed by atoms with Crippen LogP contribution in [0.2, 0.25) is 5.02 Å². The van der Waals surface area contributed by atoms with Gasteiger partial charge in [0.2, 0.25) is 10.0 Å². The third-order valence-corrected chi connectivity index (χ3v) is 5.56. The van der Waals surface area contributed by atoms with Crippen molar-refractivity contribution in [1.82, 2.24) is 0 Å². The van der Waals surface area contributed by atoms with Crippen LogP contribution in [0.15, 0.2) is 63.9 Å². The summed E-state index contributed by atoms with van der Waals surface area (Å²) in [5.74, 6) is 2.25. The van der Waals surface area contributed by atoms with Crippen molar-refractivity contribution in [1.29, 1.82) is 0 Å². The number of halogens is 1. The molecule has 0 radical (unpaired) electrons. The van der Waals surface area contributed by atoms with E-state index in [1.807, 2.05) is 30.3 Å². The van der Waals surface area contributed by atoms with E-state index in [4.69, 9.17) is 25.9 Å².